The second-order valence-corrected chi connectivity index (χ2v) is 8.64. The van der Waals surface area contributed by atoms with E-state index in [4.69, 9.17) is 14.6 Å². The molecule has 9 heteroatoms. The van der Waals surface area contributed by atoms with Gasteiger partial charge in [-0.2, -0.15) is 0 Å². The SMILES string of the molecule is Cc1cc(C(=O)N2CCC3(CC2)CC(CN(C)C)OC3=O)c2ccc(F)cc2n1.O=CO. The van der Waals surface area contributed by atoms with Gasteiger partial charge in [-0.3, -0.25) is 19.4 Å². The van der Waals surface area contributed by atoms with Crippen LogP contribution in [0.15, 0.2) is 24.3 Å². The summed E-state index contributed by atoms with van der Waals surface area (Å²) in [6, 6.07) is 6.06. The molecule has 172 valence electrons. The molecule has 3 heterocycles. The highest BCUT2D eigenvalue weighted by Gasteiger charge is 2.50. The minimum atomic E-state index is -0.475. The number of fused-ring (bicyclic) bond motifs is 1. The number of benzene rings is 1. The van der Waals surface area contributed by atoms with E-state index in [9.17, 15) is 14.0 Å². The maximum atomic E-state index is 13.6. The lowest BCUT2D eigenvalue weighted by Gasteiger charge is -2.36. The third-order valence-electron chi connectivity index (χ3n) is 6.03. The smallest absolute Gasteiger partial charge is 0.312 e. The number of pyridine rings is 1. The predicted octanol–water partition coefficient (Wildman–Crippen LogP) is 2.48. The number of nitrogens with zero attached hydrogens (tertiary/aromatic N) is 3. The Kier molecular flexibility index (Phi) is 7.08. The molecule has 1 atom stereocenters. The van der Waals surface area contributed by atoms with Gasteiger partial charge in [0.15, 0.2) is 0 Å². The first-order valence-corrected chi connectivity index (χ1v) is 10.5. The van der Waals surface area contributed by atoms with Crippen molar-refractivity contribution < 1.29 is 28.6 Å². The van der Waals surface area contributed by atoms with Crippen molar-refractivity contribution in [2.45, 2.75) is 32.3 Å². The Balaban J connectivity index is 0.000000913. The Morgan fingerprint density at radius 3 is 2.62 bits per heavy atom. The number of esters is 1. The first-order chi connectivity index (χ1) is 15.2. The maximum Gasteiger partial charge on any atom is 0.312 e. The van der Waals surface area contributed by atoms with Crippen LogP contribution in [0.25, 0.3) is 10.9 Å². The van der Waals surface area contributed by atoms with Crippen LogP contribution in [0.1, 0.15) is 35.3 Å². The molecule has 2 saturated heterocycles. The van der Waals surface area contributed by atoms with Gasteiger partial charge in [-0.25, -0.2) is 4.39 Å². The molecular weight excluding hydrogens is 417 g/mol. The molecule has 0 saturated carbocycles. The molecule has 0 radical (unpaired) electrons. The van der Waals surface area contributed by atoms with Gasteiger partial charge in [0.1, 0.15) is 11.9 Å². The van der Waals surface area contributed by atoms with Crippen LogP contribution in [-0.2, 0) is 14.3 Å². The van der Waals surface area contributed by atoms with Gasteiger partial charge < -0.3 is 19.6 Å². The number of cyclic esters (lactones) is 1. The Bertz CT molecular complexity index is 1010. The zero-order valence-electron chi connectivity index (χ0n) is 18.5. The van der Waals surface area contributed by atoms with Gasteiger partial charge in [0.25, 0.3) is 12.4 Å². The number of amides is 1. The first kappa shape index (κ1) is 23.6. The van der Waals surface area contributed by atoms with Gasteiger partial charge in [0.05, 0.1) is 16.5 Å². The number of piperidine rings is 1. The van der Waals surface area contributed by atoms with Crippen molar-refractivity contribution in [2.24, 2.45) is 5.41 Å². The first-order valence-electron chi connectivity index (χ1n) is 10.5. The van der Waals surface area contributed by atoms with Crippen LogP contribution in [0.2, 0.25) is 0 Å². The van der Waals surface area contributed by atoms with Crippen molar-refractivity contribution >= 4 is 29.3 Å². The largest absolute Gasteiger partial charge is 0.483 e. The van der Waals surface area contributed by atoms with Crippen molar-refractivity contribution in [1.82, 2.24) is 14.8 Å². The van der Waals surface area contributed by atoms with Gasteiger partial charge >= 0.3 is 5.97 Å². The lowest BCUT2D eigenvalue weighted by atomic mass is 9.76. The molecule has 0 bridgehead atoms. The molecule has 1 amide bonds. The monoisotopic (exact) mass is 445 g/mol. The van der Waals surface area contributed by atoms with Crippen LogP contribution in [-0.4, -0.2) is 78.1 Å². The van der Waals surface area contributed by atoms with E-state index >= 15 is 0 Å². The number of carbonyl (C=O) groups is 3. The molecule has 1 aromatic heterocycles. The van der Waals surface area contributed by atoms with Gasteiger partial charge in [-0.15, -0.1) is 0 Å². The second kappa shape index (κ2) is 9.60. The number of hydrogen-bond acceptors (Lipinski definition) is 6. The van der Waals surface area contributed by atoms with Gasteiger partial charge in [0.2, 0.25) is 0 Å². The lowest BCUT2D eigenvalue weighted by molar-refractivity contribution is -0.150. The summed E-state index contributed by atoms with van der Waals surface area (Å²) in [4.78, 5) is 42.3. The molecule has 1 unspecified atom stereocenters. The molecular formula is C23H28FN3O5. The third kappa shape index (κ3) is 4.88. The van der Waals surface area contributed by atoms with E-state index in [1.165, 1.54) is 12.1 Å². The van der Waals surface area contributed by atoms with E-state index in [0.717, 1.165) is 6.54 Å². The Morgan fingerprint density at radius 1 is 1.34 bits per heavy atom. The van der Waals surface area contributed by atoms with Crippen molar-refractivity contribution in [3.63, 3.8) is 0 Å². The number of halogens is 1. The number of rotatable bonds is 3. The minimum Gasteiger partial charge on any atom is -0.483 e. The summed E-state index contributed by atoms with van der Waals surface area (Å²) in [5, 5.41) is 7.54. The number of carbonyl (C=O) groups excluding carboxylic acids is 2. The van der Waals surface area contributed by atoms with E-state index in [-0.39, 0.29) is 30.3 Å². The van der Waals surface area contributed by atoms with E-state index in [2.05, 4.69) is 4.98 Å². The number of aryl methyl sites for hydroxylation is 1. The Labute approximate surface area is 186 Å². The quantitative estimate of drug-likeness (QED) is 0.572. The van der Waals surface area contributed by atoms with E-state index in [0.29, 0.717) is 54.5 Å². The Hall–Kier alpha value is -3.07. The van der Waals surface area contributed by atoms with Crippen LogP contribution >= 0.6 is 0 Å². The average Bonchev–Trinajstić information content (AvgIpc) is 3.01. The molecule has 1 aromatic carbocycles. The summed E-state index contributed by atoms with van der Waals surface area (Å²) in [6.45, 7) is 3.28. The van der Waals surface area contributed by atoms with Gasteiger partial charge in [-0.1, -0.05) is 0 Å². The normalized spacial score (nSPS) is 19.6. The van der Waals surface area contributed by atoms with Gasteiger partial charge in [-0.05, 0) is 52.1 Å². The molecule has 1 spiro atoms. The molecule has 8 nitrogen and oxygen atoms in total. The van der Waals surface area contributed by atoms with Crippen molar-refractivity contribution in [2.75, 3.05) is 33.7 Å². The third-order valence-corrected chi connectivity index (χ3v) is 6.03. The average molecular weight is 445 g/mol. The number of ether oxygens (including phenoxy) is 1. The van der Waals surface area contributed by atoms with Crippen molar-refractivity contribution in [1.29, 1.82) is 0 Å². The number of likely N-dealkylation sites (N-methyl/N-ethyl adjacent to an activating group) is 1. The fourth-order valence-electron chi connectivity index (χ4n) is 4.57. The molecule has 32 heavy (non-hydrogen) atoms. The zero-order valence-corrected chi connectivity index (χ0v) is 18.5. The number of aromatic nitrogens is 1. The van der Waals surface area contributed by atoms with E-state index < -0.39 is 5.41 Å². The van der Waals surface area contributed by atoms with Crippen LogP contribution in [0, 0.1) is 18.2 Å². The van der Waals surface area contributed by atoms with E-state index in [1.807, 2.05) is 19.0 Å². The Morgan fingerprint density at radius 2 is 2.00 bits per heavy atom. The standard InChI is InChI=1S/C22H26FN3O3.CH2O2/c1-14-10-18(17-5-4-15(23)11-19(17)24-14)20(27)26-8-6-22(7-9-26)12-16(13-25(2)3)29-21(22)28;2-1-3/h4-5,10-11,16H,6-9,12-13H2,1-3H3;1H,(H,2,3). The van der Waals surface area contributed by atoms with Crippen LogP contribution < -0.4 is 0 Å². The number of carboxylic acid groups (broad SMARTS) is 1. The van der Waals surface area contributed by atoms with Crippen LogP contribution in [0.5, 0.6) is 0 Å². The zero-order chi connectivity index (χ0) is 23.5. The second-order valence-electron chi connectivity index (χ2n) is 8.64. The topological polar surface area (TPSA) is 100 Å². The number of likely N-dealkylation sites (tertiary alicyclic amines) is 1. The maximum absolute atomic E-state index is 13.6. The predicted molar refractivity (Wildman–Crippen MR) is 116 cm³/mol. The summed E-state index contributed by atoms with van der Waals surface area (Å²) in [5.74, 6) is -0.601. The lowest BCUT2D eigenvalue weighted by Crippen LogP contribution is -2.45. The van der Waals surface area contributed by atoms with E-state index in [1.54, 1.807) is 24.0 Å². The van der Waals surface area contributed by atoms with Crippen LogP contribution in [0.3, 0.4) is 0 Å². The van der Waals surface area contributed by atoms with Crippen molar-refractivity contribution in [3.05, 3.63) is 41.3 Å². The summed E-state index contributed by atoms with van der Waals surface area (Å²) >= 11 is 0. The summed E-state index contributed by atoms with van der Waals surface area (Å²) in [7, 11) is 3.93. The molecule has 1 N–H and O–H groups in total. The summed E-state index contributed by atoms with van der Waals surface area (Å²) < 4.78 is 19.2. The highest BCUT2D eigenvalue weighted by Crippen LogP contribution is 2.43. The van der Waals surface area contributed by atoms with Crippen LogP contribution in [0.4, 0.5) is 4.39 Å². The highest BCUT2D eigenvalue weighted by molar-refractivity contribution is 6.06. The molecule has 2 aliphatic heterocycles. The fraction of sp³-hybridized carbons (Fsp3) is 0.478. The molecule has 2 aromatic rings. The molecule has 2 aliphatic rings. The minimum absolute atomic E-state index is 0.0820. The highest BCUT2D eigenvalue weighted by atomic mass is 19.1. The van der Waals surface area contributed by atoms with Gasteiger partial charge in [0, 0.05) is 43.2 Å². The molecule has 4 rings (SSSR count). The van der Waals surface area contributed by atoms with Crippen molar-refractivity contribution in [3.8, 4) is 0 Å². The number of hydrogen-bond donors (Lipinski definition) is 1. The summed E-state index contributed by atoms with van der Waals surface area (Å²) in [6.07, 6.45) is 1.85. The molecule has 0 aliphatic carbocycles. The summed E-state index contributed by atoms with van der Waals surface area (Å²) in [5.41, 5.74) is 1.21. The fourth-order valence-corrected chi connectivity index (χ4v) is 4.57. The molecule has 2 fully saturated rings.